The summed E-state index contributed by atoms with van der Waals surface area (Å²) in [4.78, 5) is 14.3. The third-order valence-corrected chi connectivity index (χ3v) is 3.91. The predicted octanol–water partition coefficient (Wildman–Crippen LogP) is 3.61. The zero-order chi connectivity index (χ0) is 13.8. The summed E-state index contributed by atoms with van der Waals surface area (Å²) in [6.45, 7) is 8.36. The summed E-state index contributed by atoms with van der Waals surface area (Å²) in [5.41, 5.74) is 2.50. The molecule has 1 amide bonds. The maximum atomic E-state index is 12.3. The molecule has 0 N–H and O–H groups in total. The number of amides is 1. The zero-order valence-corrected chi connectivity index (χ0v) is 12.4. The summed E-state index contributed by atoms with van der Waals surface area (Å²) < 4.78 is 0. The molecule has 1 aliphatic heterocycles. The van der Waals surface area contributed by atoms with Crippen molar-refractivity contribution < 1.29 is 4.79 Å². The van der Waals surface area contributed by atoms with E-state index in [0.29, 0.717) is 5.92 Å². The van der Waals surface area contributed by atoms with E-state index in [1.165, 1.54) is 5.56 Å². The minimum Gasteiger partial charge on any atom is -0.342 e. The van der Waals surface area contributed by atoms with Gasteiger partial charge < -0.3 is 4.90 Å². The van der Waals surface area contributed by atoms with E-state index >= 15 is 0 Å². The number of rotatable bonds is 4. The first-order chi connectivity index (χ1) is 9.08. The predicted molar refractivity (Wildman–Crippen MR) is 79.2 cm³/mol. The monoisotopic (exact) mass is 259 g/mol. The van der Waals surface area contributed by atoms with Crippen molar-refractivity contribution in [2.24, 2.45) is 5.92 Å². The van der Waals surface area contributed by atoms with Gasteiger partial charge in [0.25, 0.3) is 0 Å². The molecule has 1 aromatic carbocycles. The van der Waals surface area contributed by atoms with Crippen molar-refractivity contribution in [3.05, 3.63) is 35.4 Å². The van der Waals surface area contributed by atoms with Gasteiger partial charge >= 0.3 is 0 Å². The van der Waals surface area contributed by atoms with E-state index in [4.69, 9.17) is 0 Å². The van der Waals surface area contributed by atoms with Gasteiger partial charge in [-0.25, -0.2) is 0 Å². The molecule has 1 aliphatic rings. The average molecular weight is 259 g/mol. The van der Waals surface area contributed by atoms with Crippen molar-refractivity contribution in [1.29, 1.82) is 0 Å². The molecule has 1 heterocycles. The van der Waals surface area contributed by atoms with E-state index in [1.807, 2.05) is 11.8 Å². The highest BCUT2D eigenvalue weighted by molar-refractivity contribution is 5.83. The van der Waals surface area contributed by atoms with Crippen LogP contribution in [0.5, 0.6) is 0 Å². The first-order valence-corrected chi connectivity index (χ1v) is 7.45. The summed E-state index contributed by atoms with van der Waals surface area (Å²) >= 11 is 0. The van der Waals surface area contributed by atoms with Crippen LogP contribution in [-0.4, -0.2) is 23.9 Å². The summed E-state index contributed by atoms with van der Waals surface area (Å²) in [7, 11) is 0. The standard InChI is InChI=1S/C17H25NO/c1-13(2)12-15-6-8-16(9-7-15)14(3)17(19)18-10-4-5-11-18/h6-9,13-14H,4-5,10-12H2,1-3H3. The number of hydrogen-bond acceptors (Lipinski definition) is 1. The first kappa shape index (κ1) is 14.1. The van der Waals surface area contributed by atoms with Crippen LogP contribution in [0.1, 0.15) is 50.7 Å². The molecule has 0 bridgehead atoms. The van der Waals surface area contributed by atoms with Gasteiger partial charge in [0.05, 0.1) is 5.92 Å². The average Bonchev–Trinajstić information content (AvgIpc) is 2.91. The topological polar surface area (TPSA) is 20.3 Å². The van der Waals surface area contributed by atoms with E-state index < -0.39 is 0 Å². The van der Waals surface area contributed by atoms with Crippen LogP contribution in [0.4, 0.5) is 0 Å². The van der Waals surface area contributed by atoms with Crippen molar-refractivity contribution in [2.75, 3.05) is 13.1 Å². The molecule has 2 heteroatoms. The first-order valence-electron chi connectivity index (χ1n) is 7.45. The van der Waals surface area contributed by atoms with Gasteiger partial charge in [-0.05, 0) is 43.2 Å². The number of benzene rings is 1. The molecule has 1 saturated heterocycles. The lowest BCUT2D eigenvalue weighted by Crippen LogP contribution is -2.31. The minimum atomic E-state index is -0.00815. The fourth-order valence-electron chi connectivity index (χ4n) is 2.77. The Morgan fingerprint density at radius 2 is 1.68 bits per heavy atom. The van der Waals surface area contributed by atoms with E-state index in [-0.39, 0.29) is 11.8 Å². The Morgan fingerprint density at radius 3 is 2.21 bits per heavy atom. The molecule has 104 valence electrons. The number of likely N-dealkylation sites (tertiary alicyclic amines) is 1. The molecule has 0 aromatic heterocycles. The summed E-state index contributed by atoms with van der Waals surface area (Å²) in [6.07, 6.45) is 3.42. The van der Waals surface area contributed by atoms with Crippen molar-refractivity contribution >= 4 is 5.91 Å². The molecule has 1 aromatic rings. The van der Waals surface area contributed by atoms with Crippen LogP contribution in [0.2, 0.25) is 0 Å². The summed E-state index contributed by atoms with van der Waals surface area (Å²) in [5, 5.41) is 0. The quantitative estimate of drug-likeness (QED) is 0.809. The maximum absolute atomic E-state index is 12.3. The molecule has 2 rings (SSSR count). The van der Waals surface area contributed by atoms with E-state index in [9.17, 15) is 4.79 Å². The highest BCUT2D eigenvalue weighted by atomic mass is 16.2. The second-order valence-corrected chi connectivity index (χ2v) is 6.09. The minimum absolute atomic E-state index is 0.00815. The van der Waals surface area contributed by atoms with E-state index in [1.54, 1.807) is 0 Å². The smallest absolute Gasteiger partial charge is 0.229 e. The number of carbonyl (C=O) groups excluding carboxylic acids is 1. The second kappa shape index (κ2) is 6.23. The molecular weight excluding hydrogens is 234 g/mol. The Bertz CT molecular complexity index is 415. The van der Waals surface area contributed by atoms with Gasteiger partial charge in [-0.1, -0.05) is 38.1 Å². The summed E-state index contributed by atoms with van der Waals surface area (Å²) in [5.74, 6) is 0.954. The molecular formula is C17H25NO. The normalized spacial score (nSPS) is 16.9. The second-order valence-electron chi connectivity index (χ2n) is 6.09. The fraction of sp³-hybridized carbons (Fsp3) is 0.588. The molecule has 0 spiro atoms. The third-order valence-electron chi connectivity index (χ3n) is 3.91. The molecule has 0 radical (unpaired) electrons. The SMILES string of the molecule is CC(C)Cc1ccc(C(C)C(=O)N2CCCC2)cc1. The van der Waals surface area contributed by atoms with Crippen LogP contribution in [-0.2, 0) is 11.2 Å². The van der Waals surface area contributed by atoms with E-state index in [0.717, 1.165) is 37.9 Å². The Balaban J connectivity index is 2.02. The van der Waals surface area contributed by atoms with Gasteiger partial charge in [-0.15, -0.1) is 0 Å². The molecule has 19 heavy (non-hydrogen) atoms. The van der Waals surface area contributed by atoms with Crippen LogP contribution in [0.3, 0.4) is 0 Å². The molecule has 1 unspecified atom stereocenters. The maximum Gasteiger partial charge on any atom is 0.229 e. The van der Waals surface area contributed by atoms with Gasteiger partial charge in [-0.3, -0.25) is 4.79 Å². The van der Waals surface area contributed by atoms with Gasteiger partial charge in [-0.2, -0.15) is 0 Å². The summed E-state index contributed by atoms with van der Waals surface area (Å²) in [6, 6.07) is 8.58. The molecule has 0 saturated carbocycles. The number of carbonyl (C=O) groups is 1. The Labute approximate surface area is 116 Å². The largest absolute Gasteiger partial charge is 0.342 e. The van der Waals surface area contributed by atoms with Crippen molar-refractivity contribution in [3.63, 3.8) is 0 Å². The number of nitrogens with zero attached hydrogens (tertiary/aromatic N) is 1. The Kier molecular flexibility index (Phi) is 4.62. The molecule has 1 fully saturated rings. The number of hydrogen-bond donors (Lipinski definition) is 0. The highest BCUT2D eigenvalue weighted by Gasteiger charge is 2.24. The van der Waals surface area contributed by atoms with Crippen LogP contribution < -0.4 is 0 Å². The Morgan fingerprint density at radius 1 is 1.11 bits per heavy atom. The molecule has 1 atom stereocenters. The van der Waals surface area contributed by atoms with Crippen molar-refractivity contribution in [2.45, 2.75) is 46.0 Å². The lowest BCUT2D eigenvalue weighted by Gasteiger charge is -2.20. The van der Waals surface area contributed by atoms with Gasteiger partial charge in [0.2, 0.25) is 5.91 Å². The van der Waals surface area contributed by atoms with Crippen molar-refractivity contribution in [3.8, 4) is 0 Å². The molecule has 0 aliphatic carbocycles. The highest BCUT2D eigenvalue weighted by Crippen LogP contribution is 2.22. The van der Waals surface area contributed by atoms with Gasteiger partial charge in [0.15, 0.2) is 0 Å². The lowest BCUT2D eigenvalue weighted by atomic mass is 9.96. The van der Waals surface area contributed by atoms with Crippen LogP contribution in [0, 0.1) is 5.92 Å². The molecule has 2 nitrogen and oxygen atoms in total. The van der Waals surface area contributed by atoms with Gasteiger partial charge in [0, 0.05) is 13.1 Å². The van der Waals surface area contributed by atoms with E-state index in [2.05, 4.69) is 38.1 Å². The lowest BCUT2D eigenvalue weighted by molar-refractivity contribution is -0.131. The van der Waals surface area contributed by atoms with Crippen LogP contribution in [0.15, 0.2) is 24.3 Å². The van der Waals surface area contributed by atoms with Gasteiger partial charge in [0.1, 0.15) is 0 Å². The van der Waals surface area contributed by atoms with Crippen LogP contribution in [0.25, 0.3) is 0 Å². The fourth-order valence-corrected chi connectivity index (χ4v) is 2.77. The van der Waals surface area contributed by atoms with Crippen molar-refractivity contribution in [1.82, 2.24) is 4.90 Å². The van der Waals surface area contributed by atoms with Crippen LogP contribution >= 0.6 is 0 Å². The Hall–Kier alpha value is -1.31. The zero-order valence-electron chi connectivity index (χ0n) is 12.4. The third kappa shape index (κ3) is 3.59.